The first-order valence-corrected chi connectivity index (χ1v) is 37.2. The summed E-state index contributed by atoms with van der Waals surface area (Å²) in [7, 11) is 0. The van der Waals surface area contributed by atoms with E-state index in [4.69, 9.17) is 9.97 Å². The van der Waals surface area contributed by atoms with E-state index >= 15 is 0 Å². The largest absolute Gasteiger partial charge is 0.309 e. The van der Waals surface area contributed by atoms with Crippen LogP contribution in [0.25, 0.3) is 150 Å². The highest BCUT2D eigenvalue weighted by Crippen LogP contribution is 2.51. The van der Waals surface area contributed by atoms with E-state index in [9.17, 15) is 5.26 Å². The molecule has 1 aliphatic heterocycles. The average molecular weight is 1370 g/mol. The fourth-order valence-electron chi connectivity index (χ4n) is 17.0. The summed E-state index contributed by atoms with van der Waals surface area (Å²) >= 11 is 0. The minimum Gasteiger partial charge on any atom is -0.309 e. The fraction of sp³-hybridized carbons (Fsp3) is 0.173. The van der Waals surface area contributed by atoms with Crippen LogP contribution in [0.15, 0.2) is 273 Å². The number of hydrogen-bond acceptors (Lipinski definition) is 3. The van der Waals surface area contributed by atoms with Crippen LogP contribution < -0.4 is 0 Å². The zero-order valence-corrected chi connectivity index (χ0v) is 62.1. The molecule has 0 spiro atoms. The quantitative estimate of drug-likeness (QED) is 0.152. The monoisotopic (exact) mass is 1370 g/mol. The maximum absolute atomic E-state index is 13.3. The van der Waals surface area contributed by atoms with Crippen LogP contribution >= 0.6 is 0 Å². The molecule has 19 rings (SSSR count). The van der Waals surface area contributed by atoms with Crippen LogP contribution in [-0.2, 0) is 21.7 Å². The highest BCUT2D eigenvalue weighted by molar-refractivity contribution is 6.14. The molecule has 1 aliphatic rings. The Morgan fingerprint density at radius 3 is 1.30 bits per heavy atom. The van der Waals surface area contributed by atoms with Crippen molar-refractivity contribution in [3.8, 4) is 73.3 Å². The number of imidazole rings is 3. The first-order valence-electron chi connectivity index (χ1n) is 37.2. The van der Waals surface area contributed by atoms with Gasteiger partial charge in [0.25, 0.3) is 0 Å². The number of rotatable bonds is 8. The summed E-state index contributed by atoms with van der Waals surface area (Å²) in [6, 6.07) is 104. The van der Waals surface area contributed by atoms with Crippen molar-refractivity contribution in [3.05, 3.63) is 318 Å². The van der Waals surface area contributed by atoms with Gasteiger partial charge in [-0.15, -0.1) is 0 Å². The summed E-state index contributed by atoms with van der Waals surface area (Å²) in [6.45, 7) is 27.6. The molecular weight excluding hydrogens is 1290 g/mol. The molecule has 6 heterocycles. The third-order valence-corrected chi connectivity index (χ3v) is 22.6. The van der Waals surface area contributed by atoms with Gasteiger partial charge in [-0.3, -0.25) is 13.5 Å². The highest BCUT2D eigenvalue weighted by atomic mass is 15.2. The Labute approximate surface area is 618 Å². The van der Waals surface area contributed by atoms with Gasteiger partial charge in [-0.1, -0.05) is 247 Å². The van der Waals surface area contributed by atoms with Crippen LogP contribution in [0.5, 0.6) is 0 Å². The van der Waals surface area contributed by atoms with Crippen molar-refractivity contribution < 1.29 is 0 Å². The summed E-state index contributed by atoms with van der Waals surface area (Å²) in [5, 5.41) is 17.8. The van der Waals surface area contributed by atoms with Gasteiger partial charge in [-0.2, -0.15) is 5.26 Å². The van der Waals surface area contributed by atoms with Gasteiger partial charge >= 0.3 is 0 Å². The highest BCUT2D eigenvalue weighted by Gasteiger charge is 2.36. The van der Waals surface area contributed by atoms with Crippen LogP contribution in [0, 0.1) is 11.3 Å². The van der Waals surface area contributed by atoms with E-state index in [1.165, 1.54) is 33.4 Å². The molecule has 0 amide bonds. The average Bonchev–Trinajstić information content (AvgIpc) is 1.53. The number of fused-ring (bicyclic) bond motifs is 16. The van der Waals surface area contributed by atoms with Gasteiger partial charge in [0.05, 0.1) is 83.7 Å². The zero-order chi connectivity index (χ0) is 72.6. The Bertz CT molecular complexity index is 6570. The van der Waals surface area contributed by atoms with Crippen molar-refractivity contribution in [1.29, 1.82) is 5.26 Å². The van der Waals surface area contributed by atoms with E-state index in [0.717, 1.165) is 156 Å². The van der Waals surface area contributed by atoms with Gasteiger partial charge in [0.15, 0.2) is 0 Å². The summed E-state index contributed by atoms with van der Waals surface area (Å²) in [4.78, 5) is 11.3. The third-order valence-electron chi connectivity index (χ3n) is 22.6. The standard InChI is InChI=1S/C98H82N8/c1-95(2,3)66-37-45-80-73(53-66)74-54-67(96(4,5)6)38-46-81(74)103(80)89-57-72(64-34-42-78-86(51-64)105-85-49-62(59-25-17-13-18-26-59)33-41-71(85)91(93(105)100-78)61-29-21-15-22-30-61)92(104-82-47-39-68(97(7,8)9)55-75(82)76-56-69(98(10,11)12)40-48-83(76)104)77(58-99)90(89)65-35-43-79-87(52-65)106-88-50-63(60-27-19-14-20-28-60)36-44-84(88)102(94(106)101-79)70-31-23-16-24-32-70/h13-57,91H,1-12H3. The molecule has 1 atom stereocenters. The molecule has 5 aromatic heterocycles. The Morgan fingerprint density at radius 1 is 0.330 bits per heavy atom. The molecule has 18 aromatic rings. The first kappa shape index (κ1) is 64.5. The first-order chi connectivity index (χ1) is 51.0. The predicted octanol–water partition coefficient (Wildman–Crippen LogP) is 25.2. The van der Waals surface area contributed by atoms with Crippen molar-refractivity contribution in [3.63, 3.8) is 0 Å². The lowest BCUT2D eigenvalue weighted by atomic mass is 9.85. The number of para-hydroxylation sites is 1. The summed E-state index contributed by atoms with van der Waals surface area (Å²) in [5.41, 5.74) is 29.0. The van der Waals surface area contributed by atoms with Crippen LogP contribution in [0.1, 0.15) is 134 Å². The van der Waals surface area contributed by atoms with E-state index in [1.807, 2.05) is 0 Å². The van der Waals surface area contributed by atoms with Crippen molar-refractivity contribution in [2.24, 2.45) is 0 Å². The van der Waals surface area contributed by atoms with E-state index in [1.54, 1.807) is 0 Å². The van der Waals surface area contributed by atoms with Crippen LogP contribution in [0.3, 0.4) is 0 Å². The topological polar surface area (TPSA) is 73.7 Å². The fourth-order valence-corrected chi connectivity index (χ4v) is 17.0. The van der Waals surface area contributed by atoms with E-state index in [0.29, 0.717) is 5.56 Å². The minimum atomic E-state index is -0.152. The van der Waals surface area contributed by atoms with Gasteiger partial charge in [-0.25, -0.2) is 9.97 Å². The van der Waals surface area contributed by atoms with Crippen molar-refractivity contribution in [2.45, 2.75) is 111 Å². The minimum absolute atomic E-state index is 0.111. The number of hydrogen-bond donors (Lipinski definition) is 0. The van der Waals surface area contributed by atoms with Crippen LogP contribution in [0.4, 0.5) is 0 Å². The number of nitriles is 1. The van der Waals surface area contributed by atoms with Gasteiger partial charge < -0.3 is 9.13 Å². The lowest BCUT2D eigenvalue weighted by Crippen LogP contribution is -2.11. The van der Waals surface area contributed by atoms with Crippen molar-refractivity contribution in [2.75, 3.05) is 0 Å². The third kappa shape index (κ3) is 10.1. The second-order valence-electron chi connectivity index (χ2n) is 33.4. The summed E-state index contributed by atoms with van der Waals surface area (Å²) < 4.78 is 12.0. The molecule has 1 unspecified atom stereocenters. The molecule has 0 bridgehead atoms. The van der Waals surface area contributed by atoms with Crippen molar-refractivity contribution in [1.82, 2.24) is 32.6 Å². The van der Waals surface area contributed by atoms with Crippen LogP contribution in [-0.4, -0.2) is 32.6 Å². The molecule has 0 N–H and O–H groups in total. The maximum Gasteiger partial charge on any atom is 0.220 e. The molecule has 0 radical (unpaired) electrons. The molecule has 0 saturated carbocycles. The summed E-state index contributed by atoms with van der Waals surface area (Å²) in [5.74, 6) is 1.66. The van der Waals surface area contributed by atoms with E-state index < -0.39 is 0 Å². The number of aromatic nitrogens is 7. The lowest BCUT2D eigenvalue weighted by Gasteiger charge is -2.24. The molecular formula is C98H82N8. The second kappa shape index (κ2) is 23.3. The van der Waals surface area contributed by atoms with Gasteiger partial charge in [-0.05, 0) is 198 Å². The van der Waals surface area contributed by atoms with E-state index in [-0.39, 0.29) is 27.6 Å². The molecule has 0 saturated heterocycles. The second-order valence-corrected chi connectivity index (χ2v) is 33.4. The molecule has 514 valence electrons. The Balaban J connectivity index is 0.985. The van der Waals surface area contributed by atoms with Gasteiger partial charge in [0, 0.05) is 38.4 Å². The molecule has 106 heavy (non-hydrogen) atoms. The zero-order valence-electron chi connectivity index (χ0n) is 62.1. The maximum atomic E-state index is 13.3. The van der Waals surface area contributed by atoms with Gasteiger partial charge in [0.2, 0.25) is 5.78 Å². The lowest BCUT2D eigenvalue weighted by molar-refractivity contribution is 0.590. The molecule has 8 nitrogen and oxygen atoms in total. The smallest absolute Gasteiger partial charge is 0.220 e. The predicted molar refractivity (Wildman–Crippen MR) is 441 cm³/mol. The Morgan fingerprint density at radius 2 is 0.774 bits per heavy atom. The summed E-state index contributed by atoms with van der Waals surface area (Å²) in [6.07, 6.45) is 0. The van der Waals surface area contributed by atoms with Crippen molar-refractivity contribution >= 4 is 82.5 Å². The molecule has 0 fully saturated rings. The van der Waals surface area contributed by atoms with Crippen LogP contribution in [0.2, 0.25) is 0 Å². The molecule has 8 heteroatoms. The molecule has 13 aromatic carbocycles. The number of benzene rings is 13. The SMILES string of the molecule is CC(C)(C)c1ccc2c(c1)c1cc(C(C)(C)C)ccc1n2-c1cc(-c2ccc3nc4n(c3c2)-c2cc(-c3ccccc3)ccc2C4c2ccccc2)c(-n2c3ccc(C(C)(C)C)cc3c3cc(C(C)(C)C)ccc32)c(C#N)c1-c1ccc2nc3n(-c4ccccc4)c4ccc(-c5ccccc5)cc4n3c2c1. The Kier molecular flexibility index (Phi) is 14.2. The molecule has 0 aliphatic carbocycles. The normalized spacial score (nSPS) is 13.6. The van der Waals surface area contributed by atoms with Gasteiger partial charge in [0.1, 0.15) is 11.9 Å². The Hall–Kier alpha value is -12.3. The van der Waals surface area contributed by atoms with E-state index in [2.05, 4.69) is 385 Å². The number of nitrogens with zero attached hydrogens (tertiary/aromatic N) is 8.